The molecular weight excluding hydrogens is 579 g/mol. The van der Waals surface area contributed by atoms with Gasteiger partial charge in [0, 0.05) is 40.0 Å². The standard InChI is InChI=1S/C19H16Br2F3N5O2S/c20-12-3-11(4-13(21)5-12)18(19(22,23)24)1-2-29(9-18)17-25-6-10(7-26-17)16(32)27-14-8-31-28-15(14)30/h3-7,14H,1-2,8-9H2,(H,27,32)(H,28,30). The molecule has 0 bridgehead atoms. The number of thiocarbonyl (C=S) groups is 1. The number of anilines is 1. The number of nitrogens with zero attached hydrogens (tertiary/aromatic N) is 3. The van der Waals surface area contributed by atoms with Crippen LogP contribution in [-0.4, -0.2) is 52.8 Å². The third-order valence-electron chi connectivity index (χ3n) is 5.45. The quantitative estimate of drug-likeness (QED) is 0.525. The van der Waals surface area contributed by atoms with Gasteiger partial charge >= 0.3 is 6.18 Å². The van der Waals surface area contributed by atoms with Gasteiger partial charge < -0.3 is 10.2 Å². The molecule has 32 heavy (non-hydrogen) atoms. The first-order valence-electron chi connectivity index (χ1n) is 9.42. The van der Waals surface area contributed by atoms with E-state index in [1.54, 1.807) is 6.07 Å². The van der Waals surface area contributed by atoms with E-state index in [2.05, 4.69) is 52.6 Å². The lowest BCUT2D eigenvalue weighted by molar-refractivity contribution is -0.184. The minimum absolute atomic E-state index is 0.122. The van der Waals surface area contributed by atoms with Crippen molar-refractivity contribution in [2.75, 3.05) is 24.6 Å². The molecule has 2 saturated heterocycles. The van der Waals surface area contributed by atoms with E-state index in [1.165, 1.54) is 29.4 Å². The van der Waals surface area contributed by atoms with Gasteiger partial charge in [-0.2, -0.15) is 13.2 Å². The smallest absolute Gasteiger partial charge is 0.362 e. The highest BCUT2D eigenvalue weighted by Gasteiger charge is 2.59. The molecule has 170 valence electrons. The number of rotatable bonds is 4. The first-order chi connectivity index (χ1) is 15.1. The summed E-state index contributed by atoms with van der Waals surface area (Å²) in [7, 11) is 0. The predicted octanol–water partition coefficient (Wildman–Crippen LogP) is 3.41. The summed E-state index contributed by atoms with van der Waals surface area (Å²) in [4.78, 5) is 26.6. The van der Waals surface area contributed by atoms with Gasteiger partial charge in [-0.25, -0.2) is 15.4 Å². The molecule has 1 aromatic carbocycles. The molecular formula is C19H16Br2F3N5O2S. The Morgan fingerprint density at radius 2 is 1.91 bits per heavy atom. The fourth-order valence-electron chi connectivity index (χ4n) is 3.73. The maximum absolute atomic E-state index is 14.3. The van der Waals surface area contributed by atoms with Gasteiger partial charge in [0.2, 0.25) is 5.95 Å². The summed E-state index contributed by atoms with van der Waals surface area (Å²) < 4.78 is 44.0. The Hall–Kier alpha value is -1.83. The van der Waals surface area contributed by atoms with Gasteiger partial charge in [0.1, 0.15) is 23.1 Å². The van der Waals surface area contributed by atoms with Crippen LogP contribution in [0.1, 0.15) is 17.5 Å². The number of carbonyl (C=O) groups is 1. The number of halogens is 5. The molecule has 0 radical (unpaired) electrons. The van der Waals surface area contributed by atoms with Crippen LogP contribution in [0.15, 0.2) is 39.5 Å². The van der Waals surface area contributed by atoms with Crippen molar-refractivity contribution in [3.05, 3.63) is 50.7 Å². The molecule has 2 N–H and O–H groups in total. The molecule has 0 saturated carbocycles. The van der Waals surface area contributed by atoms with E-state index in [1.807, 2.05) is 0 Å². The summed E-state index contributed by atoms with van der Waals surface area (Å²) in [6.45, 7) is -0.0385. The maximum Gasteiger partial charge on any atom is 0.400 e. The summed E-state index contributed by atoms with van der Waals surface area (Å²) in [5.41, 5.74) is 0.787. The van der Waals surface area contributed by atoms with Gasteiger partial charge in [0.15, 0.2) is 0 Å². The molecule has 2 atom stereocenters. The van der Waals surface area contributed by atoms with Crippen molar-refractivity contribution < 1.29 is 22.8 Å². The summed E-state index contributed by atoms with van der Waals surface area (Å²) in [6, 6.07) is 4.07. The predicted molar refractivity (Wildman–Crippen MR) is 121 cm³/mol. The number of carbonyl (C=O) groups excluding carboxylic acids is 1. The van der Waals surface area contributed by atoms with Crippen molar-refractivity contribution in [2.24, 2.45) is 0 Å². The molecule has 4 rings (SSSR count). The molecule has 2 aliphatic rings. The molecule has 2 fully saturated rings. The van der Waals surface area contributed by atoms with Crippen molar-refractivity contribution in [1.29, 1.82) is 0 Å². The van der Waals surface area contributed by atoms with E-state index in [-0.39, 0.29) is 48.5 Å². The van der Waals surface area contributed by atoms with Gasteiger partial charge in [-0.3, -0.25) is 9.63 Å². The Morgan fingerprint density at radius 3 is 2.47 bits per heavy atom. The molecule has 2 aliphatic heterocycles. The second-order valence-corrected chi connectivity index (χ2v) is 9.72. The van der Waals surface area contributed by atoms with Gasteiger partial charge in [-0.15, -0.1) is 0 Å². The van der Waals surface area contributed by atoms with E-state index in [4.69, 9.17) is 17.1 Å². The van der Waals surface area contributed by atoms with Crippen LogP contribution in [0.5, 0.6) is 0 Å². The molecule has 0 spiro atoms. The van der Waals surface area contributed by atoms with Crippen LogP contribution in [0.2, 0.25) is 0 Å². The van der Waals surface area contributed by atoms with Crippen LogP contribution < -0.4 is 15.7 Å². The Bertz CT molecular complexity index is 1040. The van der Waals surface area contributed by atoms with Crippen LogP contribution in [0.3, 0.4) is 0 Å². The van der Waals surface area contributed by atoms with E-state index in [0.29, 0.717) is 14.5 Å². The number of amides is 1. The second-order valence-electron chi connectivity index (χ2n) is 7.48. The zero-order valence-electron chi connectivity index (χ0n) is 16.2. The lowest BCUT2D eigenvalue weighted by Crippen LogP contribution is -2.45. The first-order valence-corrected chi connectivity index (χ1v) is 11.4. The Balaban J connectivity index is 1.53. The van der Waals surface area contributed by atoms with E-state index in [0.717, 1.165) is 0 Å². The normalized spacial score (nSPS) is 23.3. The number of nitrogens with one attached hydrogen (secondary N) is 2. The molecule has 1 amide bonds. The number of aromatic nitrogens is 2. The van der Waals surface area contributed by atoms with Crippen molar-refractivity contribution >= 4 is 60.9 Å². The molecule has 0 aliphatic carbocycles. The third-order valence-corrected chi connectivity index (χ3v) is 6.72. The third kappa shape index (κ3) is 4.47. The molecule has 13 heteroatoms. The highest BCUT2D eigenvalue weighted by molar-refractivity contribution is 9.11. The molecule has 2 aromatic rings. The van der Waals surface area contributed by atoms with Crippen molar-refractivity contribution in [3.8, 4) is 0 Å². The fourth-order valence-corrected chi connectivity index (χ4v) is 5.28. The van der Waals surface area contributed by atoms with Gasteiger partial charge in [-0.05, 0) is 30.2 Å². The largest absolute Gasteiger partial charge is 0.400 e. The molecule has 2 unspecified atom stereocenters. The SMILES string of the molecule is O=C1NOCC1NC(=S)c1cnc(N2CCC(c3cc(Br)cc(Br)c3)(C(F)(F)F)C2)nc1. The zero-order chi connectivity index (χ0) is 23.1. The maximum atomic E-state index is 14.3. The number of hydrogen-bond donors (Lipinski definition) is 2. The van der Waals surface area contributed by atoms with Crippen LogP contribution in [0.25, 0.3) is 0 Å². The average Bonchev–Trinajstić information content (AvgIpc) is 3.35. The van der Waals surface area contributed by atoms with E-state index < -0.39 is 17.6 Å². The van der Waals surface area contributed by atoms with Gasteiger partial charge in [0.25, 0.3) is 5.91 Å². The van der Waals surface area contributed by atoms with Crippen LogP contribution in [-0.2, 0) is 15.0 Å². The summed E-state index contributed by atoms with van der Waals surface area (Å²) in [5, 5.41) is 2.84. The summed E-state index contributed by atoms with van der Waals surface area (Å²) >= 11 is 11.8. The minimum Gasteiger partial charge on any atom is -0.362 e. The van der Waals surface area contributed by atoms with E-state index in [9.17, 15) is 18.0 Å². The number of hydroxylamine groups is 1. The van der Waals surface area contributed by atoms with Gasteiger partial charge in [0.05, 0.1) is 0 Å². The zero-order valence-corrected chi connectivity index (χ0v) is 20.2. The highest BCUT2D eigenvalue weighted by atomic mass is 79.9. The Morgan fingerprint density at radius 1 is 1.25 bits per heavy atom. The number of hydrogen-bond acceptors (Lipinski definition) is 6. The Labute approximate surface area is 203 Å². The van der Waals surface area contributed by atoms with Crippen molar-refractivity contribution in [1.82, 2.24) is 20.8 Å². The number of benzene rings is 1. The van der Waals surface area contributed by atoms with Crippen LogP contribution >= 0.6 is 44.1 Å². The monoisotopic (exact) mass is 593 g/mol. The van der Waals surface area contributed by atoms with Crippen LogP contribution in [0.4, 0.5) is 19.1 Å². The van der Waals surface area contributed by atoms with Crippen molar-refractivity contribution in [3.63, 3.8) is 0 Å². The summed E-state index contributed by atoms with van der Waals surface area (Å²) in [5.74, 6) is -0.164. The summed E-state index contributed by atoms with van der Waals surface area (Å²) in [6.07, 6.45) is -1.73. The lowest BCUT2D eigenvalue weighted by Gasteiger charge is -2.32. The lowest BCUT2D eigenvalue weighted by atomic mass is 9.79. The first kappa shape index (κ1) is 23.3. The Kier molecular flexibility index (Phi) is 6.45. The number of alkyl halides is 3. The fraction of sp³-hybridized carbons (Fsp3) is 0.368. The molecule has 7 nitrogen and oxygen atoms in total. The minimum atomic E-state index is -4.46. The van der Waals surface area contributed by atoms with Crippen LogP contribution in [0, 0.1) is 0 Å². The topological polar surface area (TPSA) is 79.4 Å². The van der Waals surface area contributed by atoms with E-state index >= 15 is 0 Å². The van der Waals surface area contributed by atoms with Crippen molar-refractivity contribution in [2.45, 2.75) is 24.1 Å². The second kappa shape index (κ2) is 8.84. The van der Waals surface area contributed by atoms with Gasteiger partial charge in [-0.1, -0.05) is 44.1 Å². The average molecular weight is 595 g/mol. The molecule has 1 aromatic heterocycles. The molecule has 3 heterocycles. The highest BCUT2D eigenvalue weighted by Crippen LogP contribution is 2.49.